The highest BCUT2D eigenvalue weighted by Gasteiger charge is 2.23. The molecule has 1 aromatic rings. The third-order valence-corrected chi connectivity index (χ3v) is 4.64. The van der Waals surface area contributed by atoms with E-state index in [1.807, 2.05) is 6.92 Å². The molecule has 0 amide bonds. The summed E-state index contributed by atoms with van der Waals surface area (Å²) >= 11 is 0. The number of nitrogens with one attached hydrogen (secondary N) is 1. The van der Waals surface area contributed by atoms with Crippen LogP contribution in [0.1, 0.15) is 25.5 Å². The zero-order valence-corrected chi connectivity index (χ0v) is 13.2. The van der Waals surface area contributed by atoms with Gasteiger partial charge in [-0.15, -0.1) is 0 Å². The van der Waals surface area contributed by atoms with Crippen LogP contribution in [-0.4, -0.2) is 46.6 Å². The number of rotatable bonds is 10. The van der Waals surface area contributed by atoms with Crippen molar-refractivity contribution in [2.75, 3.05) is 33.9 Å². The number of methoxy groups -OCH3 is 1. The Hall–Kier alpha value is -0.890. The molecule has 7 heteroatoms. The second-order valence-electron chi connectivity index (χ2n) is 4.57. The minimum atomic E-state index is -3.51. The van der Waals surface area contributed by atoms with Crippen LogP contribution in [0.25, 0.3) is 0 Å². The first kappa shape index (κ1) is 17.2. The van der Waals surface area contributed by atoms with Crippen LogP contribution >= 0.6 is 0 Å². The largest absolute Gasteiger partial charge is 0.447 e. The number of hydrogen-bond donors (Lipinski definition) is 1. The van der Waals surface area contributed by atoms with Crippen LogP contribution in [0.5, 0.6) is 0 Å². The summed E-state index contributed by atoms with van der Waals surface area (Å²) in [5.74, 6) is 0.601. The fraction of sp³-hybridized carbons (Fsp3) is 0.692. The van der Waals surface area contributed by atoms with Crippen molar-refractivity contribution in [3.05, 3.63) is 17.9 Å². The molecule has 0 bridgehead atoms. The van der Waals surface area contributed by atoms with Crippen molar-refractivity contribution >= 4 is 10.0 Å². The maximum atomic E-state index is 12.2. The Morgan fingerprint density at radius 1 is 1.40 bits per heavy atom. The summed E-state index contributed by atoms with van der Waals surface area (Å²) in [5.41, 5.74) is 0. The van der Waals surface area contributed by atoms with Crippen molar-refractivity contribution in [3.8, 4) is 0 Å². The number of furan rings is 1. The predicted molar refractivity (Wildman–Crippen MR) is 77.0 cm³/mol. The highest BCUT2D eigenvalue weighted by molar-refractivity contribution is 7.89. The second-order valence-corrected chi connectivity index (χ2v) is 6.55. The number of nitrogens with zero attached hydrogens (tertiary/aromatic N) is 1. The molecule has 1 aromatic heterocycles. The molecule has 0 saturated carbocycles. The molecule has 0 aliphatic carbocycles. The van der Waals surface area contributed by atoms with E-state index in [0.717, 1.165) is 12.8 Å². The van der Waals surface area contributed by atoms with Gasteiger partial charge >= 0.3 is 0 Å². The van der Waals surface area contributed by atoms with Gasteiger partial charge in [-0.3, -0.25) is 0 Å². The van der Waals surface area contributed by atoms with Crippen LogP contribution in [0.3, 0.4) is 0 Å². The van der Waals surface area contributed by atoms with Crippen molar-refractivity contribution in [3.63, 3.8) is 0 Å². The van der Waals surface area contributed by atoms with Gasteiger partial charge in [-0.25, -0.2) is 8.42 Å². The summed E-state index contributed by atoms with van der Waals surface area (Å²) in [6.07, 6.45) is 1.79. The molecule has 0 radical (unpaired) electrons. The van der Waals surface area contributed by atoms with E-state index < -0.39 is 10.0 Å². The van der Waals surface area contributed by atoms with E-state index in [9.17, 15) is 8.42 Å². The fourth-order valence-electron chi connectivity index (χ4n) is 1.63. The molecule has 1 N–H and O–H groups in total. The molecule has 0 spiro atoms. The van der Waals surface area contributed by atoms with E-state index in [0.29, 0.717) is 32.0 Å². The van der Waals surface area contributed by atoms with Gasteiger partial charge in [0.05, 0.1) is 13.2 Å². The summed E-state index contributed by atoms with van der Waals surface area (Å²) in [6, 6.07) is 3.19. The highest BCUT2D eigenvalue weighted by Crippen LogP contribution is 2.18. The minimum absolute atomic E-state index is 0.000329. The van der Waals surface area contributed by atoms with Gasteiger partial charge in [0, 0.05) is 27.2 Å². The van der Waals surface area contributed by atoms with Gasteiger partial charge < -0.3 is 14.5 Å². The first-order valence-corrected chi connectivity index (χ1v) is 8.21. The zero-order chi connectivity index (χ0) is 15.0. The van der Waals surface area contributed by atoms with E-state index >= 15 is 0 Å². The average molecular weight is 304 g/mol. The monoisotopic (exact) mass is 304 g/mol. The van der Waals surface area contributed by atoms with Gasteiger partial charge in [0.25, 0.3) is 10.0 Å². The summed E-state index contributed by atoms with van der Waals surface area (Å²) < 4.78 is 36.1. The molecule has 1 rings (SSSR count). The summed E-state index contributed by atoms with van der Waals surface area (Å²) in [7, 11) is -0.308. The normalized spacial score (nSPS) is 12.2. The van der Waals surface area contributed by atoms with Gasteiger partial charge in [0.1, 0.15) is 5.76 Å². The molecule has 0 unspecified atom stereocenters. The topological polar surface area (TPSA) is 71.8 Å². The molecule has 0 aliphatic heterocycles. The van der Waals surface area contributed by atoms with Crippen LogP contribution in [0.2, 0.25) is 0 Å². The van der Waals surface area contributed by atoms with Gasteiger partial charge in [-0.2, -0.15) is 4.31 Å². The summed E-state index contributed by atoms with van der Waals surface area (Å²) in [5, 5.41) is 3.10. The highest BCUT2D eigenvalue weighted by atomic mass is 32.2. The Labute approximate surface area is 121 Å². The van der Waals surface area contributed by atoms with E-state index in [1.54, 1.807) is 20.2 Å². The molecule has 1 heterocycles. The first-order valence-electron chi connectivity index (χ1n) is 6.77. The molecule has 0 atom stereocenters. The van der Waals surface area contributed by atoms with Crippen molar-refractivity contribution in [2.45, 2.75) is 31.4 Å². The Bertz CT molecular complexity index is 484. The molecule has 0 saturated heterocycles. The molecule has 0 aromatic carbocycles. The maximum Gasteiger partial charge on any atom is 0.276 e. The fourth-order valence-corrected chi connectivity index (χ4v) is 2.76. The number of unbranched alkanes of at least 4 members (excludes halogenated alkanes) is 1. The lowest BCUT2D eigenvalue weighted by Crippen LogP contribution is -2.27. The van der Waals surface area contributed by atoms with Crippen molar-refractivity contribution in [1.82, 2.24) is 9.62 Å². The van der Waals surface area contributed by atoms with Crippen molar-refractivity contribution in [2.24, 2.45) is 0 Å². The number of hydrogen-bond acceptors (Lipinski definition) is 5. The lowest BCUT2D eigenvalue weighted by Gasteiger charge is -2.14. The van der Waals surface area contributed by atoms with E-state index in [1.165, 1.54) is 10.4 Å². The predicted octanol–water partition coefficient (Wildman–Crippen LogP) is 1.44. The Morgan fingerprint density at radius 3 is 2.80 bits per heavy atom. The third kappa shape index (κ3) is 4.90. The molecule has 6 nitrogen and oxygen atoms in total. The number of ether oxygens (including phenoxy) is 1. The van der Waals surface area contributed by atoms with Crippen LogP contribution in [0, 0.1) is 0 Å². The van der Waals surface area contributed by atoms with Crippen LogP contribution in [0.15, 0.2) is 21.6 Å². The molecular weight excluding hydrogens is 280 g/mol. The second kappa shape index (κ2) is 8.41. The molecule has 0 fully saturated rings. The molecule has 20 heavy (non-hydrogen) atoms. The molecule has 0 aliphatic rings. The van der Waals surface area contributed by atoms with Crippen LogP contribution in [-0.2, 0) is 21.3 Å². The lowest BCUT2D eigenvalue weighted by atomic mass is 10.3. The van der Waals surface area contributed by atoms with Gasteiger partial charge in [0.15, 0.2) is 0 Å². The minimum Gasteiger partial charge on any atom is -0.447 e. The Morgan fingerprint density at radius 2 is 2.15 bits per heavy atom. The van der Waals surface area contributed by atoms with Crippen molar-refractivity contribution < 1.29 is 17.6 Å². The van der Waals surface area contributed by atoms with Crippen LogP contribution < -0.4 is 5.32 Å². The van der Waals surface area contributed by atoms with E-state index in [4.69, 9.17) is 9.15 Å². The van der Waals surface area contributed by atoms with Crippen LogP contribution in [0.4, 0.5) is 0 Å². The van der Waals surface area contributed by atoms with E-state index in [-0.39, 0.29) is 5.09 Å². The zero-order valence-electron chi connectivity index (χ0n) is 12.4. The van der Waals surface area contributed by atoms with Gasteiger partial charge in [-0.05, 0) is 18.6 Å². The van der Waals surface area contributed by atoms with E-state index in [2.05, 4.69) is 5.32 Å². The van der Waals surface area contributed by atoms with Crippen molar-refractivity contribution in [1.29, 1.82) is 0 Å². The quantitative estimate of drug-likeness (QED) is 0.662. The summed E-state index contributed by atoms with van der Waals surface area (Å²) in [6.45, 7) is 4.30. The number of sulfonamides is 1. The Balaban J connectivity index is 2.60. The van der Waals surface area contributed by atoms with Gasteiger partial charge in [0.2, 0.25) is 5.09 Å². The molecular formula is C13H24N2O4S. The SMILES string of the molecule is CCCCN(C)S(=O)(=O)c1ccc(CNCCOC)o1. The Kier molecular flexibility index (Phi) is 7.22. The maximum absolute atomic E-state index is 12.2. The summed E-state index contributed by atoms with van der Waals surface area (Å²) in [4.78, 5) is 0. The third-order valence-electron chi connectivity index (χ3n) is 2.91. The average Bonchev–Trinajstić information content (AvgIpc) is 2.90. The molecule has 116 valence electrons. The lowest BCUT2D eigenvalue weighted by molar-refractivity contribution is 0.198. The smallest absolute Gasteiger partial charge is 0.276 e. The standard InChI is InChI=1S/C13H24N2O4S/c1-4-5-9-15(2)20(16,17)13-7-6-12(19-13)11-14-8-10-18-3/h6-7,14H,4-5,8-11H2,1-3H3. The first-order chi connectivity index (χ1) is 9.52. The van der Waals surface area contributed by atoms with Gasteiger partial charge in [-0.1, -0.05) is 13.3 Å².